The van der Waals surface area contributed by atoms with Crippen LogP contribution in [0.5, 0.6) is 11.5 Å². The van der Waals surface area contributed by atoms with Gasteiger partial charge in [0, 0.05) is 28.2 Å². The summed E-state index contributed by atoms with van der Waals surface area (Å²) in [5, 5.41) is 4.76. The second kappa shape index (κ2) is 6.49. The third kappa shape index (κ3) is 3.54. The van der Waals surface area contributed by atoms with Crippen LogP contribution in [0.15, 0.2) is 36.4 Å². The van der Waals surface area contributed by atoms with Crippen LogP contribution in [0.25, 0.3) is 0 Å². The topological polar surface area (TPSA) is 21.3 Å². The van der Waals surface area contributed by atoms with Gasteiger partial charge in [0.2, 0.25) is 0 Å². The predicted octanol–water partition coefficient (Wildman–Crippen LogP) is 5.16. The van der Waals surface area contributed by atoms with Gasteiger partial charge in [-0.3, -0.25) is 0 Å². The van der Waals surface area contributed by atoms with Crippen molar-refractivity contribution in [1.82, 2.24) is 5.32 Å². The third-order valence-corrected chi connectivity index (χ3v) is 3.44. The fraction of sp³-hybridized carbons (Fsp3) is 0.143. The largest absolute Gasteiger partial charge is 0.455 e. The zero-order valence-corrected chi connectivity index (χ0v) is 12.5. The molecule has 5 heteroatoms. The summed E-state index contributed by atoms with van der Waals surface area (Å²) in [4.78, 5) is 0. The Balaban J connectivity index is 2.37. The lowest BCUT2D eigenvalue weighted by Crippen LogP contribution is -2.07. The monoisotopic (exact) mass is 315 g/mol. The molecule has 0 amide bonds. The number of rotatable bonds is 4. The van der Waals surface area contributed by atoms with E-state index in [1.54, 1.807) is 18.2 Å². The number of hydrogen-bond donors (Lipinski definition) is 1. The van der Waals surface area contributed by atoms with Gasteiger partial charge in [-0.15, -0.1) is 0 Å². The van der Waals surface area contributed by atoms with Gasteiger partial charge in [0.1, 0.15) is 11.5 Å². The molecular formula is C14H12Cl3NO. The Morgan fingerprint density at radius 3 is 2.53 bits per heavy atom. The first-order valence-electron chi connectivity index (χ1n) is 5.66. The van der Waals surface area contributed by atoms with Gasteiger partial charge in [-0.25, -0.2) is 0 Å². The van der Waals surface area contributed by atoms with E-state index in [2.05, 4.69) is 5.32 Å². The summed E-state index contributed by atoms with van der Waals surface area (Å²) in [6.45, 7) is 0.604. The molecule has 2 rings (SSSR count). The Labute approximate surface area is 127 Å². The van der Waals surface area contributed by atoms with E-state index < -0.39 is 0 Å². The lowest BCUT2D eigenvalue weighted by atomic mass is 10.2. The van der Waals surface area contributed by atoms with Crippen molar-refractivity contribution in [3.05, 3.63) is 57.0 Å². The molecular weight excluding hydrogens is 305 g/mol. The number of ether oxygens (including phenoxy) is 1. The van der Waals surface area contributed by atoms with Crippen LogP contribution in [0.1, 0.15) is 5.56 Å². The summed E-state index contributed by atoms with van der Waals surface area (Å²) >= 11 is 18.2. The maximum Gasteiger partial charge on any atom is 0.147 e. The Kier molecular flexibility index (Phi) is 4.94. The molecule has 0 heterocycles. The van der Waals surface area contributed by atoms with E-state index in [0.717, 1.165) is 5.56 Å². The molecule has 19 heavy (non-hydrogen) atoms. The molecule has 0 aliphatic carbocycles. The van der Waals surface area contributed by atoms with E-state index in [-0.39, 0.29) is 0 Å². The third-order valence-electron chi connectivity index (χ3n) is 2.54. The molecule has 0 aliphatic heterocycles. The first-order chi connectivity index (χ1) is 9.11. The SMILES string of the molecule is CNCc1c(Cl)cccc1Oc1cc(Cl)ccc1Cl. The van der Waals surface area contributed by atoms with Crippen LogP contribution < -0.4 is 10.1 Å². The molecule has 0 fully saturated rings. The van der Waals surface area contributed by atoms with Crippen molar-refractivity contribution in [1.29, 1.82) is 0 Å². The molecule has 0 bridgehead atoms. The van der Waals surface area contributed by atoms with Gasteiger partial charge in [-0.2, -0.15) is 0 Å². The lowest BCUT2D eigenvalue weighted by Gasteiger charge is -2.13. The Morgan fingerprint density at radius 2 is 1.79 bits per heavy atom. The lowest BCUT2D eigenvalue weighted by molar-refractivity contribution is 0.474. The van der Waals surface area contributed by atoms with Crippen molar-refractivity contribution in [2.45, 2.75) is 6.54 Å². The highest BCUT2D eigenvalue weighted by atomic mass is 35.5. The second-order valence-electron chi connectivity index (χ2n) is 3.92. The van der Waals surface area contributed by atoms with Crippen LogP contribution >= 0.6 is 34.8 Å². The van der Waals surface area contributed by atoms with E-state index in [0.29, 0.717) is 33.1 Å². The average Bonchev–Trinajstić information content (AvgIpc) is 2.38. The highest BCUT2D eigenvalue weighted by molar-refractivity contribution is 6.34. The van der Waals surface area contributed by atoms with Gasteiger partial charge in [0.25, 0.3) is 0 Å². The second-order valence-corrected chi connectivity index (χ2v) is 5.17. The normalized spacial score (nSPS) is 10.5. The quantitative estimate of drug-likeness (QED) is 0.841. The van der Waals surface area contributed by atoms with Crippen LogP contribution in [0.3, 0.4) is 0 Å². The molecule has 0 saturated heterocycles. The minimum atomic E-state index is 0.500. The molecule has 100 valence electrons. The molecule has 0 aromatic heterocycles. The molecule has 0 radical (unpaired) electrons. The fourth-order valence-electron chi connectivity index (χ4n) is 1.66. The van der Waals surface area contributed by atoms with Crippen molar-refractivity contribution in [2.75, 3.05) is 7.05 Å². The number of halogens is 3. The molecule has 0 aliphatic rings. The van der Waals surface area contributed by atoms with Crippen LogP contribution in [0.2, 0.25) is 15.1 Å². The average molecular weight is 317 g/mol. The van der Waals surface area contributed by atoms with Crippen molar-refractivity contribution in [2.24, 2.45) is 0 Å². The van der Waals surface area contributed by atoms with Crippen LogP contribution in [0.4, 0.5) is 0 Å². The van der Waals surface area contributed by atoms with Gasteiger partial charge in [0.15, 0.2) is 0 Å². The summed E-state index contributed by atoms with van der Waals surface area (Å²) in [7, 11) is 1.85. The molecule has 0 atom stereocenters. The van der Waals surface area contributed by atoms with Crippen molar-refractivity contribution in [3.63, 3.8) is 0 Å². The number of hydrogen-bond acceptors (Lipinski definition) is 2. The van der Waals surface area contributed by atoms with Gasteiger partial charge in [-0.05, 0) is 31.3 Å². The van der Waals surface area contributed by atoms with Gasteiger partial charge in [0.05, 0.1) is 5.02 Å². The molecule has 0 saturated carbocycles. The number of benzene rings is 2. The van der Waals surface area contributed by atoms with Crippen molar-refractivity contribution >= 4 is 34.8 Å². The van der Waals surface area contributed by atoms with E-state index in [1.165, 1.54) is 0 Å². The summed E-state index contributed by atoms with van der Waals surface area (Å²) in [5.41, 5.74) is 0.878. The summed E-state index contributed by atoms with van der Waals surface area (Å²) in [5.74, 6) is 1.17. The highest BCUT2D eigenvalue weighted by Crippen LogP contribution is 2.35. The molecule has 2 aromatic rings. The first-order valence-corrected chi connectivity index (χ1v) is 6.80. The van der Waals surface area contributed by atoms with Crippen LogP contribution in [0, 0.1) is 0 Å². The maximum absolute atomic E-state index is 6.17. The van der Waals surface area contributed by atoms with E-state index in [4.69, 9.17) is 39.5 Å². The van der Waals surface area contributed by atoms with Crippen LogP contribution in [-0.4, -0.2) is 7.05 Å². The standard InChI is InChI=1S/C14H12Cl3NO/c1-18-8-10-11(16)3-2-4-13(10)19-14-7-9(15)5-6-12(14)17/h2-7,18H,8H2,1H3. The summed E-state index contributed by atoms with van der Waals surface area (Å²) in [6.07, 6.45) is 0. The van der Waals surface area contributed by atoms with Gasteiger partial charge < -0.3 is 10.1 Å². The Morgan fingerprint density at radius 1 is 1.00 bits per heavy atom. The summed E-state index contributed by atoms with van der Waals surface area (Å²) < 4.78 is 5.81. The molecule has 2 nitrogen and oxygen atoms in total. The highest BCUT2D eigenvalue weighted by Gasteiger charge is 2.10. The zero-order chi connectivity index (χ0) is 13.8. The van der Waals surface area contributed by atoms with Crippen molar-refractivity contribution < 1.29 is 4.74 Å². The van der Waals surface area contributed by atoms with Gasteiger partial charge >= 0.3 is 0 Å². The molecule has 2 aromatic carbocycles. The number of nitrogens with one attached hydrogen (secondary N) is 1. The van der Waals surface area contributed by atoms with E-state index in [9.17, 15) is 0 Å². The Bertz CT molecular complexity index is 587. The molecule has 1 N–H and O–H groups in total. The smallest absolute Gasteiger partial charge is 0.147 e. The summed E-state index contributed by atoms with van der Waals surface area (Å²) in [6, 6.07) is 10.6. The minimum absolute atomic E-state index is 0.500. The first kappa shape index (κ1) is 14.5. The zero-order valence-electron chi connectivity index (χ0n) is 10.2. The minimum Gasteiger partial charge on any atom is -0.455 e. The van der Waals surface area contributed by atoms with E-state index in [1.807, 2.05) is 25.2 Å². The molecule has 0 spiro atoms. The predicted molar refractivity (Wildman–Crippen MR) is 80.8 cm³/mol. The maximum atomic E-state index is 6.17. The van der Waals surface area contributed by atoms with E-state index >= 15 is 0 Å². The van der Waals surface area contributed by atoms with Gasteiger partial charge in [-0.1, -0.05) is 40.9 Å². The Hall–Kier alpha value is -0.930. The van der Waals surface area contributed by atoms with Crippen LogP contribution in [-0.2, 0) is 6.54 Å². The fourth-order valence-corrected chi connectivity index (χ4v) is 2.21. The van der Waals surface area contributed by atoms with Crippen molar-refractivity contribution in [3.8, 4) is 11.5 Å². The molecule has 0 unspecified atom stereocenters.